The summed E-state index contributed by atoms with van der Waals surface area (Å²) in [6.45, 7) is 6.33. The number of aliphatic carboxylic acids is 1. The zero-order valence-electron chi connectivity index (χ0n) is 14.8. The molecule has 1 fully saturated rings. The molecule has 4 nitrogen and oxygen atoms in total. The third-order valence-electron chi connectivity index (χ3n) is 4.78. The molecular formula is C20H25NO3S. The molecule has 2 heterocycles. The van der Waals surface area contributed by atoms with Gasteiger partial charge in [-0.15, -0.1) is 11.3 Å². The van der Waals surface area contributed by atoms with Gasteiger partial charge in [-0.1, -0.05) is 18.2 Å². The van der Waals surface area contributed by atoms with Gasteiger partial charge in [-0.25, -0.2) is 0 Å². The van der Waals surface area contributed by atoms with E-state index in [0.29, 0.717) is 19.4 Å². The van der Waals surface area contributed by atoms with Gasteiger partial charge in [-0.3, -0.25) is 9.69 Å². The molecule has 0 aliphatic carbocycles. The highest BCUT2D eigenvalue weighted by Gasteiger charge is 2.32. The quantitative estimate of drug-likeness (QED) is 0.833. The number of hydrogen-bond donors (Lipinski definition) is 1. The van der Waals surface area contributed by atoms with Crippen molar-refractivity contribution in [1.82, 2.24) is 4.90 Å². The van der Waals surface area contributed by atoms with Gasteiger partial charge in [0.1, 0.15) is 5.75 Å². The van der Waals surface area contributed by atoms with Crippen LogP contribution in [0.1, 0.15) is 41.8 Å². The van der Waals surface area contributed by atoms with Crippen LogP contribution in [-0.4, -0.2) is 35.7 Å². The van der Waals surface area contributed by atoms with Crippen LogP contribution in [-0.2, 0) is 4.79 Å². The lowest BCUT2D eigenvalue weighted by Crippen LogP contribution is -2.39. The summed E-state index contributed by atoms with van der Waals surface area (Å²) in [6, 6.07) is 10.6. The maximum atomic E-state index is 11.3. The third-order valence-corrected chi connectivity index (χ3v) is 5.88. The highest BCUT2D eigenvalue weighted by atomic mass is 32.1. The molecule has 1 aliphatic rings. The zero-order valence-corrected chi connectivity index (χ0v) is 15.6. The van der Waals surface area contributed by atoms with E-state index in [-0.39, 0.29) is 12.0 Å². The van der Waals surface area contributed by atoms with Crippen molar-refractivity contribution < 1.29 is 14.6 Å². The largest absolute Gasteiger partial charge is 0.494 e. The summed E-state index contributed by atoms with van der Waals surface area (Å²) >= 11 is 1.77. The van der Waals surface area contributed by atoms with Gasteiger partial charge < -0.3 is 9.84 Å². The number of carbonyl (C=O) groups is 1. The number of likely N-dealkylation sites (tertiary alicyclic amines) is 1. The van der Waals surface area contributed by atoms with Crippen LogP contribution in [0.25, 0.3) is 0 Å². The Morgan fingerprint density at radius 2 is 2.08 bits per heavy atom. The number of nitrogens with zero attached hydrogens (tertiary/aromatic N) is 1. The molecule has 5 heteroatoms. The Hall–Kier alpha value is -1.85. The van der Waals surface area contributed by atoms with Crippen LogP contribution in [0, 0.1) is 12.8 Å². The number of hydrogen-bond acceptors (Lipinski definition) is 4. The van der Waals surface area contributed by atoms with Crippen molar-refractivity contribution >= 4 is 17.3 Å². The van der Waals surface area contributed by atoms with Gasteiger partial charge in [0.2, 0.25) is 0 Å². The topological polar surface area (TPSA) is 49.8 Å². The average molecular weight is 359 g/mol. The van der Waals surface area contributed by atoms with Crippen molar-refractivity contribution in [2.45, 2.75) is 32.7 Å². The van der Waals surface area contributed by atoms with E-state index in [1.165, 1.54) is 16.0 Å². The van der Waals surface area contributed by atoms with Crippen LogP contribution >= 0.6 is 11.3 Å². The number of ether oxygens (including phenoxy) is 1. The van der Waals surface area contributed by atoms with Crippen molar-refractivity contribution in [2.24, 2.45) is 5.92 Å². The molecule has 1 atom stereocenters. The normalized spacial score (nSPS) is 17.4. The molecule has 1 N–H and O–H groups in total. The lowest BCUT2D eigenvalue weighted by atomic mass is 9.93. The number of para-hydroxylation sites is 1. The van der Waals surface area contributed by atoms with Crippen molar-refractivity contribution in [3.8, 4) is 5.75 Å². The number of aryl methyl sites for hydroxylation is 1. The molecule has 134 valence electrons. The molecule has 1 aromatic heterocycles. The molecule has 3 rings (SSSR count). The Kier molecular flexibility index (Phi) is 5.76. The van der Waals surface area contributed by atoms with Gasteiger partial charge in [0.25, 0.3) is 0 Å². The van der Waals surface area contributed by atoms with Gasteiger partial charge in [-0.2, -0.15) is 0 Å². The number of thiophene rings is 1. The van der Waals surface area contributed by atoms with E-state index in [1.807, 2.05) is 19.1 Å². The standard InChI is InChI=1S/C20H25NO3S/c1-3-24-17-7-5-4-6-16(17)19(18-12-14(2)13-25-18)21-10-8-15(9-11-21)20(22)23/h4-7,12-13,15,19H,3,8-11H2,1-2H3,(H,22,23). The average Bonchev–Trinajstić information content (AvgIpc) is 3.03. The molecule has 0 bridgehead atoms. The minimum atomic E-state index is -0.669. The van der Waals surface area contributed by atoms with Crippen LogP contribution in [0.5, 0.6) is 5.75 Å². The Labute approximate surface area is 153 Å². The predicted molar refractivity (Wildman–Crippen MR) is 100 cm³/mol. The number of benzene rings is 1. The summed E-state index contributed by atoms with van der Waals surface area (Å²) in [4.78, 5) is 15.0. The fourth-order valence-electron chi connectivity index (χ4n) is 3.52. The smallest absolute Gasteiger partial charge is 0.306 e. The minimum absolute atomic E-state index is 0.121. The van der Waals surface area contributed by atoms with Crippen LogP contribution < -0.4 is 4.74 Å². The van der Waals surface area contributed by atoms with Crippen LogP contribution in [0.15, 0.2) is 35.7 Å². The number of carboxylic acids is 1. The zero-order chi connectivity index (χ0) is 17.8. The van der Waals surface area contributed by atoms with E-state index in [0.717, 1.165) is 18.8 Å². The molecule has 25 heavy (non-hydrogen) atoms. The summed E-state index contributed by atoms with van der Waals surface area (Å²) in [7, 11) is 0. The SMILES string of the molecule is CCOc1ccccc1C(c1cc(C)cs1)N1CCC(C(=O)O)CC1. The van der Waals surface area contributed by atoms with Gasteiger partial charge in [0.05, 0.1) is 18.6 Å². The number of piperidine rings is 1. The monoisotopic (exact) mass is 359 g/mol. The van der Waals surface area contributed by atoms with E-state index in [2.05, 4.69) is 35.4 Å². The maximum absolute atomic E-state index is 11.3. The van der Waals surface area contributed by atoms with Crippen molar-refractivity contribution in [1.29, 1.82) is 0 Å². The fourth-order valence-corrected chi connectivity index (χ4v) is 4.57. The highest BCUT2D eigenvalue weighted by Crippen LogP contribution is 2.39. The fraction of sp³-hybridized carbons (Fsp3) is 0.450. The van der Waals surface area contributed by atoms with Gasteiger partial charge >= 0.3 is 5.97 Å². The molecule has 1 saturated heterocycles. The molecule has 2 aromatic rings. The van der Waals surface area contributed by atoms with Gasteiger partial charge in [0, 0.05) is 10.4 Å². The molecule has 1 unspecified atom stereocenters. The second-order valence-electron chi connectivity index (χ2n) is 6.55. The Bertz CT molecular complexity index is 719. The third kappa shape index (κ3) is 4.05. The minimum Gasteiger partial charge on any atom is -0.494 e. The predicted octanol–water partition coefficient (Wildman–Crippen LogP) is 4.34. The maximum Gasteiger partial charge on any atom is 0.306 e. The van der Waals surface area contributed by atoms with Crippen LogP contribution in [0.4, 0.5) is 0 Å². The van der Waals surface area contributed by atoms with Gasteiger partial charge in [-0.05, 0) is 62.9 Å². The van der Waals surface area contributed by atoms with Crippen molar-refractivity contribution in [3.63, 3.8) is 0 Å². The second kappa shape index (κ2) is 8.02. The first kappa shape index (κ1) is 18.0. The van der Waals surface area contributed by atoms with Crippen LogP contribution in [0.3, 0.4) is 0 Å². The van der Waals surface area contributed by atoms with Crippen molar-refractivity contribution in [3.05, 3.63) is 51.7 Å². The molecule has 0 saturated carbocycles. The second-order valence-corrected chi connectivity index (χ2v) is 7.49. The van der Waals surface area contributed by atoms with Crippen molar-refractivity contribution in [2.75, 3.05) is 19.7 Å². The summed E-state index contributed by atoms with van der Waals surface area (Å²) in [5, 5.41) is 11.5. The van der Waals surface area contributed by atoms with Gasteiger partial charge in [0.15, 0.2) is 0 Å². The molecule has 1 aliphatic heterocycles. The van der Waals surface area contributed by atoms with E-state index < -0.39 is 5.97 Å². The lowest BCUT2D eigenvalue weighted by molar-refractivity contribution is -0.143. The Morgan fingerprint density at radius 1 is 1.36 bits per heavy atom. The molecular weight excluding hydrogens is 334 g/mol. The Balaban J connectivity index is 1.93. The first-order valence-corrected chi connectivity index (χ1v) is 9.71. The first-order valence-electron chi connectivity index (χ1n) is 8.83. The Morgan fingerprint density at radius 3 is 2.68 bits per heavy atom. The van der Waals surface area contributed by atoms with E-state index in [4.69, 9.17) is 4.74 Å². The van der Waals surface area contributed by atoms with E-state index in [1.54, 1.807) is 11.3 Å². The molecule has 0 spiro atoms. The van der Waals surface area contributed by atoms with E-state index >= 15 is 0 Å². The number of carboxylic acid groups (broad SMARTS) is 1. The number of rotatable bonds is 6. The summed E-state index contributed by atoms with van der Waals surface area (Å²) in [6.07, 6.45) is 1.40. The van der Waals surface area contributed by atoms with Crippen LogP contribution in [0.2, 0.25) is 0 Å². The summed E-state index contributed by atoms with van der Waals surface area (Å²) < 4.78 is 5.88. The molecule has 1 aromatic carbocycles. The lowest BCUT2D eigenvalue weighted by Gasteiger charge is -2.37. The molecule has 0 amide bonds. The first-order chi connectivity index (χ1) is 12.1. The summed E-state index contributed by atoms with van der Waals surface area (Å²) in [5.41, 5.74) is 2.43. The highest BCUT2D eigenvalue weighted by molar-refractivity contribution is 7.10. The summed E-state index contributed by atoms with van der Waals surface area (Å²) in [5.74, 6) is 0.0309. The molecule has 0 radical (unpaired) electrons. The van der Waals surface area contributed by atoms with E-state index in [9.17, 15) is 9.90 Å².